The van der Waals surface area contributed by atoms with E-state index in [1.54, 1.807) is 11.8 Å². The van der Waals surface area contributed by atoms with E-state index in [4.69, 9.17) is 10.8 Å². The third kappa shape index (κ3) is 10.9. The Kier molecular flexibility index (Phi) is 10.5. The molecule has 5 N–H and O–H groups in total. The lowest BCUT2D eigenvalue weighted by atomic mass is 10.0. The van der Waals surface area contributed by atoms with Crippen LogP contribution < -0.4 is 16.4 Å². The van der Waals surface area contributed by atoms with Crippen molar-refractivity contribution in [1.82, 2.24) is 10.6 Å². The van der Waals surface area contributed by atoms with Crippen LogP contribution in [0, 0.1) is 5.92 Å². The molecule has 0 spiro atoms. The summed E-state index contributed by atoms with van der Waals surface area (Å²) in [6.45, 7) is 2.40. The Hall–Kier alpha value is -1.44. The van der Waals surface area contributed by atoms with E-state index in [1.807, 2.05) is 13.2 Å². The van der Waals surface area contributed by atoms with Gasteiger partial charge in [0.1, 0.15) is 6.04 Å². The Morgan fingerprint density at radius 2 is 1.90 bits per heavy atom. The Balaban J connectivity index is 4.06. The minimum Gasteiger partial charge on any atom is -0.481 e. The number of urea groups is 1. The molecule has 0 rings (SSSR count). The van der Waals surface area contributed by atoms with Crippen LogP contribution in [0.4, 0.5) is 4.79 Å². The zero-order valence-electron chi connectivity index (χ0n) is 12.6. The SMILES string of the molecule is CSCCC(NC(N)=O)C(=O)NCCC(C)CCC(=O)O. The van der Waals surface area contributed by atoms with Gasteiger partial charge in [-0.15, -0.1) is 0 Å². The first-order valence-corrected chi connectivity index (χ1v) is 8.30. The molecule has 0 aliphatic heterocycles. The van der Waals surface area contributed by atoms with Crippen molar-refractivity contribution in [2.24, 2.45) is 11.7 Å². The number of aliphatic carboxylic acids is 1. The van der Waals surface area contributed by atoms with Gasteiger partial charge in [0.15, 0.2) is 0 Å². The molecule has 0 aromatic carbocycles. The topological polar surface area (TPSA) is 122 Å². The van der Waals surface area contributed by atoms with Crippen LogP contribution in [0.1, 0.15) is 32.6 Å². The first-order valence-electron chi connectivity index (χ1n) is 6.91. The molecule has 0 radical (unpaired) electrons. The number of carboxylic acid groups (broad SMARTS) is 1. The fraction of sp³-hybridized carbons (Fsp3) is 0.769. The lowest BCUT2D eigenvalue weighted by Crippen LogP contribution is -2.49. The third-order valence-electron chi connectivity index (χ3n) is 3.03. The quantitative estimate of drug-likeness (QED) is 0.448. The van der Waals surface area contributed by atoms with Gasteiger partial charge in [0.05, 0.1) is 0 Å². The van der Waals surface area contributed by atoms with Gasteiger partial charge in [-0.05, 0) is 37.2 Å². The van der Waals surface area contributed by atoms with Crippen LogP contribution >= 0.6 is 11.8 Å². The van der Waals surface area contributed by atoms with Crippen LogP contribution in [0.25, 0.3) is 0 Å². The van der Waals surface area contributed by atoms with E-state index in [2.05, 4.69) is 10.6 Å². The molecule has 0 aromatic heterocycles. The second kappa shape index (κ2) is 11.2. The lowest BCUT2D eigenvalue weighted by molar-refractivity contribution is -0.137. The summed E-state index contributed by atoms with van der Waals surface area (Å²) in [7, 11) is 0. The van der Waals surface area contributed by atoms with Crippen molar-refractivity contribution < 1.29 is 19.5 Å². The molecule has 0 heterocycles. The lowest BCUT2D eigenvalue weighted by Gasteiger charge is -2.17. The van der Waals surface area contributed by atoms with Gasteiger partial charge in [0, 0.05) is 13.0 Å². The largest absolute Gasteiger partial charge is 0.481 e. The summed E-state index contributed by atoms with van der Waals surface area (Å²) in [6.07, 6.45) is 3.86. The Labute approximate surface area is 129 Å². The predicted molar refractivity (Wildman–Crippen MR) is 83.2 cm³/mol. The van der Waals surface area contributed by atoms with Crippen LogP contribution in [-0.4, -0.2) is 47.6 Å². The maximum absolute atomic E-state index is 11.9. The molecule has 21 heavy (non-hydrogen) atoms. The molecule has 0 saturated carbocycles. The van der Waals surface area contributed by atoms with Crippen molar-refractivity contribution in [2.45, 2.75) is 38.6 Å². The number of nitrogens with one attached hydrogen (secondary N) is 2. The van der Waals surface area contributed by atoms with Gasteiger partial charge in [0.2, 0.25) is 5.91 Å². The first-order chi connectivity index (χ1) is 9.86. The fourth-order valence-electron chi connectivity index (χ4n) is 1.76. The highest BCUT2D eigenvalue weighted by Gasteiger charge is 2.19. The molecule has 0 aliphatic rings. The molecule has 0 fully saturated rings. The van der Waals surface area contributed by atoms with E-state index >= 15 is 0 Å². The summed E-state index contributed by atoms with van der Waals surface area (Å²) in [5, 5.41) is 13.8. The molecule has 0 bridgehead atoms. The van der Waals surface area contributed by atoms with E-state index < -0.39 is 18.0 Å². The van der Waals surface area contributed by atoms with Crippen LogP contribution in [0.15, 0.2) is 0 Å². The maximum atomic E-state index is 11.9. The van der Waals surface area contributed by atoms with Gasteiger partial charge in [-0.2, -0.15) is 11.8 Å². The van der Waals surface area contributed by atoms with E-state index in [9.17, 15) is 14.4 Å². The van der Waals surface area contributed by atoms with Crippen LogP contribution in [0.5, 0.6) is 0 Å². The van der Waals surface area contributed by atoms with Crippen molar-refractivity contribution in [3.05, 3.63) is 0 Å². The van der Waals surface area contributed by atoms with Crippen LogP contribution in [-0.2, 0) is 9.59 Å². The van der Waals surface area contributed by atoms with Crippen molar-refractivity contribution in [3.8, 4) is 0 Å². The number of rotatable bonds is 11. The van der Waals surface area contributed by atoms with E-state index in [0.29, 0.717) is 25.8 Å². The molecular weight excluding hydrogens is 294 g/mol. The molecule has 2 atom stereocenters. The number of carboxylic acids is 1. The number of hydrogen-bond acceptors (Lipinski definition) is 4. The normalized spacial score (nSPS) is 13.2. The van der Waals surface area contributed by atoms with Crippen LogP contribution in [0.3, 0.4) is 0 Å². The van der Waals surface area contributed by atoms with E-state index in [1.165, 1.54) is 0 Å². The number of amides is 3. The summed E-state index contributed by atoms with van der Waals surface area (Å²) >= 11 is 1.58. The average molecular weight is 319 g/mol. The fourth-order valence-corrected chi connectivity index (χ4v) is 2.23. The van der Waals surface area contributed by atoms with Crippen molar-refractivity contribution in [3.63, 3.8) is 0 Å². The zero-order valence-corrected chi connectivity index (χ0v) is 13.4. The highest BCUT2D eigenvalue weighted by Crippen LogP contribution is 2.09. The molecule has 3 amide bonds. The van der Waals surface area contributed by atoms with Gasteiger partial charge >= 0.3 is 12.0 Å². The van der Waals surface area contributed by atoms with Crippen molar-refractivity contribution >= 4 is 29.7 Å². The van der Waals surface area contributed by atoms with Gasteiger partial charge in [-0.3, -0.25) is 9.59 Å². The summed E-state index contributed by atoms with van der Waals surface area (Å²) in [5.74, 6) is -0.106. The minimum absolute atomic E-state index is 0.134. The molecule has 122 valence electrons. The highest BCUT2D eigenvalue weighted by molar-refractivity contribution is 7.98. The van der Waals surface area contributed by atoms with Gasteiger partial charge in [0.25, 0.3) is 0 Å². The standard InChI is InChI=1S/C13H25N3O4S/c1-9(3-4-11(17)18)5-7-15-12(19)10(6-8-21-2)16-13(14)20/h9-10H,3-8H2,1-2H3,(H,15,19)(H,17,18)(H3,14,16,20). The maximum Gasteiger partial charge on any atom is 0.312 e. The molecule has 0 saturated heterocycles. The smallest absolute Gasteiger partial charge is 0.312 e. The number of carbonyl (C=O) groups is 3. The number of nitrogens with two attached hydrogens (primary N) is 1. The Morgan fingerprint density at radius 3 is 2.43 bits per heavy atom. The summed E-state index contributed by atoms with van der Waals surface area (Å²) in [4.78, 5) is 33.3. The average Bonchev–Trinajstić information content (AvgIpc) is 2.40. The van der Waals surface area contributed by atoms with Crippen molar-refractivity contribution in [1.29, 1.82) is 0 Å². The van der Waals surface area contributed by atoms with Crippen molar-refractivity contribution in [2.75, 3.05) is 18.6 Å². The second-order valence-corrected chi connectivity index (χ2v) is 5.95. The molecular formula is C13H25N3O4S. The minimum atomic E-state index is -0.811. The number of carbonyl (C=O) groups excluding carboxylic acids is 2. The van der Waals surface area contributed by atoms with E-state index in [-0.39, 0.29) is 18.2 Å². The molecule has 8 heteroatoms. The highest BCUT2D eigenvalue weighted by atomic mass is 32.2. The summed E-state index contributed by atoms with van der Waals surface area (Å²) in [6, 6.07) is -1.34. The summed E-state index contributed by atoms with van der Waals surface area (Å²) < 4.78 is 0. The number of primary amides is 1. The Morgan fingerprint density at radius 1 is 1.24 bits per heavy atom. The van der Waals surface area contributed by atoms with Gasteiger partial charge in [-0.1, -0.05) is 6.92 Å². The van der Waals surface area contributed by atoms with Crippen LogP contribution in [0.2, 0.25) is 0 Å². The molecule has 7 nitrogen and oxygen atoms in total. The number of thioether (sulfide) groups is 1. The monoisotopic (exact) mass is 319 g/mol. The summed E-state index contributed by atoms with van der Waals surface area (Å²) in [5.41, 5.74) is 5.06. The van der Waals surface area contributed by atoms with Gasteiger partial charge in [-0.25, -0.2) is 4.79 Å². The Bertz CT molecular complexity index is 352. The molecule has 0 aromatic rings. The second-order valence-electron chi connectivity index (χ2n) is 4.96. The van der Waals surface area contributed by atoms with E-state index in [0.717, 1.165) is 5.75 Å². The number of hydrogen-bond donors (Lipinski definition) is 4. The zero-order chi connectivity index (χ0) is 16.3. The third-order valence-corrected chi connectivity index (χ3v) is 3.67. The molecule has 2 unspecified atom stereocenters. The van der Waals surface area contributed by atoms with Gasteiger partial charge < -0.3 is 21.5 Å². The molecule has 0 aliphatic carbocycles. The first kappa shape index (κ1) is 19.6. The predicted octanol–water partition coefficient (Wildman–Crippen LogP) is 0.784.